The molecule has 0 fully saturated rings. The van der Waals surface area contributed by atoms with Gasteiger partial charge in [-0.3, -0.25) is 10.1 Å². The van der Waals surface area contributed by atoms with Gasteiger partial charge in [-0.2, -0.15) is 5.10 Å². The SMILES string of the molecule is Cc1ccc(C(=N)N)c(Oc2cnn(C)c2)c1. The smallest absolute Gasteiger partial charge is 0.165 e. The van der Waals surface area contributed by atoms with Gasteiger partial charge in [-0.1, -0.05) is 6.07 Å². The lowest BCUT2D eigenvalue weighted by atomic mass is 10.1. The molecule has 88 valence electrons. The summed E-state index contributed by atoms with van der Waals surface area (Å²) in [5.74, 6) is 1.19. The fraction of sp³-hybridized carbons (Fsp3) is 0.167. The molecule has 17 heavy (non-hydrogen) atoms. The highest BCUT2D eigenvalue weighted by Gasteiger charge is 2.08. The van der Waals surface area contributed by atoms with Crippen molar-refractivity contribution in [3.05, 3.63) is 41.7 Å². The number of aryl methyl sites for hydroxylation is 2. The van der Waals surface area contributed by atoms with E-state index in [0.29, 0.717) is 17.1 Å². The Kier molecular flexibility index (Phi) is 2.82. The first kappa shape index (κ1) is 11.2. The lowest BCUT2D eigenvalue weighted by Gasteiger charge is -2.09. The van der Waals surface area contributed by atoms with Gasteiger partial charge in [-0.15, -0.1) is 0 Å². The van der Waals surface area contributed by atoms with Crippen LogP contribution in [0, 0.1) is 12.3 Å². The van der Waals surface area contributed by atoms with E-state index in [1.165, 1.54) is 0 Å². The number of aromatic nitrogens is 2. The predicted molar refractivity (Wildman–Crippen MR) is 65.5 cm³/mol. The van der Waals surface area contributed by atoms with Gasteiger partial charge in [0.2, 0.25) is 0 Å². The number of hydrogen-bond acceptors (Lipinski definition) is 3. The first-order valence-corrected chi connectivity index (χ1v) is 5.18. The van der Waals surface area contributed by atoms with Crippen LogP contribution in [0.4, 0.5) is 0 Å². The Labute approximate surface area is 99.3 Å². The Morgan fingerprint density at radius 2 is 2.24 bits per heavy atom. The largest absolute Gasteiger partial charge is 0.453 e. The van der Waals surface area contributed by atoms with Crippen LogP contribution in [0.3, 0.4) is 0 Å². The van der Waals surface area contributed by atoms with Crippen LogP contribution in [-0.4, -0.2) is 15.6 Å². The van der Waals surface area contributed by atoms with Crippen molar-refractivity contribution in [1.29, 1.82) is 5.41 Å². The van der Waals surface area contributed by atoms with Gasteiger partial charge in [-0.25, -0.2) is 0 Å². The van der Waals surface area contributed by atoms with Crippen LogP contribution in [0.2, 0.25) is 0 Å². The molecule has 2 aromatic rings. The molecule has 0 aliphatic rings. The lowest BCUT2D eigenvalue weighted by molar-refractivity contribution is 0.480. The number of ether oxygens (including phenoxy) is 1. The summed E-state index contributed by atoms with van der Waals surface area (Å²) in [6, 6.07) is 5.53. The molecule has 5 heteroatoms. The lowest BCUT2D eigenvalue weighted by Crippen LogP contribution is -2.12. The van der Waals surface area contributed by atoms with Crippen LogP contribution >= 0.6 is 0 Å². The molecule has 0 spiro atoms. The first-order chi connectivity index (χ1) is 8.06. The number of nitrogen functional groups attached to an aromatic ring is 1. The van der Waals surface area contributed by atoms with Crippen LogP contribution in [0.5, 0.6) is 11.5 Å². The van der Waals surface area contributed by atoms with Crippen LogP contribution in [0.15, 0.2) is 30.6 Å². The molecule has 0 atom stereocenters. The standard InChI is InChI=1S/C12H14N4O/c1-8-3-4-10(12(13)14)11(5-8)17-9-6-15-16(2)7-9/h3-7H,1-2H3,(H3,13,14). The summed E-state index contributed by atoms with van der Waals surface area (Å²) in [6.07, 6.45) is 3.37. The molecule has 0 aliphatic carbocycles. The maximum atomic E-state index is 7.49. The minimum Gasteiger partial charge on any atom is -0.453 e. The fourth-order valence-corrected chi connectivity index (χ4v) is 1.51. The second-order valence-corrected chi connectivity index (χ2v) is 3.87. The second-order valence-electron chi connectivity index (χ2n) is 3.87. The van der Waals surface area contributed by atoms with Crippen molar-refractivity contribution in [1.82, 2.24) is 9.78 Å². The quantitative estimate of drug-likeness (QED) is 0.623. The molecule has 3 N–H and O–H groups in total. The average Bonchev–Trinajstić information content (AvgIpc) is 2.63. The Bertz CT molecular complexity index is 559. The summed E-state index contributed by atoms with van der Waals surface area (Å²) < 4.78 is 7.32. The van der Waals surface area contributed by atoms with Gasteiger partial charge in [0.05, 0.1) is 18.0 Å². The van der Waals surface area contributed by atoms with Gasteiger partial charge in [0.1, 0.15) is 11.6 Å². The molecule has 0 unspecified atom stereocenters. The molecule has 5 nitrogen and oxygen atoms in total. The van der Waals surface area contributed by atoms with Gasteiger partial charge in [0.25, 0.3) is 0 Å². The molecule has 0 saturated carbocycles. The van der Waals surface area contributed by atoms with Gasteiger partial charge in [-0.05, 0) is 24.6 Å². The Balaban J connectivity index is 2.37. The highest BCUT2D eigenvalue weighted by molar-refractivity contribution is 5.97. The van der Waals surface area contributed by atoms with Crippen LogP contribution < -0.4 is 10.5 Å². The molecule has 1 heterocycles. The highest BCUT2D eigenvalue weighted by Crippen LogP contribution is 2.25. The van der Waals surface area contributed by atoms with Crippen LogP contribution in [0.25, 0.3) is 0 Å². The third-order valence-corrected chi connectivity index (χ3v) is 2.34. The normalized spacial score (nSPS) is 10.2. The molecule has 0 bridgehead atoms. The molecular formula is C12H14N4O. The molecule has 2 rings (SSSR count). The van der Waals surface area contributed by atoms with E-state index in [0.717, 1.165) is 5.56 Å². The van der Waals surface area contributed by atoms with Gasteiger partial charge in [0, 0.05) is 7.05 Å². The third kappa shape index (κ3) is 2.44. The second kappa shape index (κ2) is 4.29. The minimum atomic E-state index is -0.0103. The third-order valence-electron chi connectivity index (χ3n) is 2.34. The molecule has 1 aromatic carbocycles. The molecule has 1 aromatic heterocycles. The summed E-state index contributed by atoms with van der Waals surface area (Å²) in [4.78, 5) is 0. The van der Waals surface area contributed by atoms with Gasteiger partial charge < -0.3 is 10.5 Å². The van der Waals surface area contributed by atoms with Crippen molar-refractivity contribution in [3.8, 4) is 11.5 Å². The first-order valence-electron chi connectivity index (χ1n) is 5.18. The van der Waals surface area contributed by atoms with E-state index in [2.05, 4.69) is 5.10 Å². The van der Waals surface area contributed by atoms with Crippen molar-refractivity contribution >= 4 is 5.84 Å². The molecular weight excluding hydrogens is 216 g/mol. The summed E-state index contributed by atoms with van der Waals surface area (Å²) in [6.45, 7) is 1.96. The molecule has 0 saturated heterocycles. The van der Waals surface area contributed by atoms with Gasteiger partial charge in [0.15, 0.2) is 5.75 Å². The Morgan fingerprint density at radius 1 is 1.47 bits per heavy atom. The van der Waals surface area contributed by atoms with Crippen molar-refractivity contribution in [2.45, 2.75) is 6.92 Å². The zero-order valence-electron chi connectivity index (χ0n) is 9.77. The zero-order valence-corrected chi connectivity index (χ0v) is 9.77. The molecule has 0 amide bonds. The number of nitrogens with two attached hydrogens (primary N) is 1. The molecule has 0 radical (unpaired) electrons. The average molecular weight is 230 g/mol. The summed E-state index contributed by atoms with van der Waals surface area (Å²) in [7, 11) is 1.81. The van der Waals surface area contributed by atoms with E-state index < -0.39 is 0 Å². The maximum absolute atomic E-state index is 7.49. The van der Waals surface area contributed by atoms with E-state index in [1.807, 2.05) is 26.1 Å². The number of nitrogens with zero attached hydrogens (tertiary/aromatic N) is 2. The number of nitrogens with one attached hydrogen (secondary N) is 1. The van der Waals surface area contributed by atoms with Crippen LogP contribution in [-0.2, 0) is 7.05 Å². The number of rotatable bonds is 3. The van der Waals surface area contributed by atoms with Crippen molar-refractivity contribution < 1.29 is 4.74 Å². The van der Waals surface area contributed by atoms with Gasteiger partial charge >= 0.3 is 0 Å². The summed E-state index contributed by atoms with van der Waals surface area (Å²) >= 11 is 0. The number of amidine groups is 1. The maximum Gasteiger partial charge on any atom is 0.165 e. The van der Waals surface area contributed by atoms with E-state index in [-0.39, 0.29) is 5.84 Å². The Hall–Kier alpha value is -2.30. The van der Waals surface area contributed by atoms with E-state index in [1.54, 1.807) is 23.1 Å². The van der Waals surface area contributed by atoms with E-state index in [4.69, 9.17) is 15.9 Å². The van der Waals surface area contributed by atoms with Crippen molar-refractivity contribution in [2.24, 2.45) is 12.8 Å². The van der Waals surface area contributed by atoms with Crippen molar-refractivity contribution in [2.75, 3.05) is 0 Å². The Morgan fingerprint density at radius 3 is 2.82 bits per heavy atom. The summed E-state index contributed by atoms with van der Waals surface area (Å²) in [5, 5.41) is 11.5. The predicted octanol–water partition coefficient (Wildman–Crippen LogP) is 1.80. The van der Waals surface area contributed by atoms with Crippen LogP contribution in [0.1, 0.15) is 11.1 Å². The highest BCUT2D eigenvalue weighted by atomic mass is 16.5. The minimum absolute atomic E-state index is 0.0103. The van der Waals surface area contributed by atoms with E-state index in [9.17, 15) is 0 Å². The van der Waals surface area contributed by atoms with E-state index >= 15 is 0 Å². The number of benzene rings is 1. The fourth-order valence-electron chi connectivity index (χ4n) is 1.51. The van der Waals surface area contributed by atoms with Crippen molar-refractivity contribution in [3.63, 3.8) is 0 Å². The summed E-state index contributed by atoms with van der Waals surface area (Å²) in [5.41, 5.74) is 7.14. The monoisotopic (exact) mass is 230 g/mol. The zero-order chi connectivity index (χ0) is 12.4. The molecule has 0 aliphatic heterocycles. The number of hydrogen-bond donors (Lipinski definition) is 2. The topological polar surface area (TPSA) is 76.9 Å².